The van der Waals surface area contributed by atoms with Gasteiger partial charge in [0.1, 0.15) is 5.41 Å². The van der Waals surface area contributed by atoms with Crippen molar-refractivity contribution in [2.24, 2.45) is 5.41 Å². The van der Waals surface area contributed by atoms with Gasteiger partial charge in [0.05, 0.1) is 7.11 Å². The van der Waals surface area contributed by atoms with E-state index in [4.69, 9.17) is 5.39 Å². The molecule has 1 saturated heterocycles. The van der Waals surface area contributed by atoms with Crippen LogP contribution >= 0.6 is 0 Å². The number of piperidine rings is 1. The molecule has 1 fully saturated rings. The number of hydrogen-bond acceptors (Lipinski definition) is 5. The second kappa shape index (κ2) is 6.88. The number of aliphatic hydroxyl groups excluding tert-OH is 1. The van der Waals surface area contributed by atoms with E-state index in [1.165, 1.54) is 6.92 Å². The highest BCUT2D eigenvalue weighted by atomic mass is 16.5. The maximum Gasteiger partial charge on any atom is 0.506 e. The van der Waals surface area contributed by atoms with Crippen molar-refractivity contribution < 1.29 is 19.4 Å². The lowest BCUT2D eigenvalue weighted by atomic mass is 9.78. The number of amides is 1. The molecule has 1 rings (SSSR count). The molecule has 0 spiro atoms. The Morgan fingerprint density at radius 3 is 2.86 bits per heavy atom. The maximum atomic E-state index is 12.5. The molecule has 1 heterocycles. The van der Waals surface area contributed by atoms with E-state index in [9.17, 15) is 14.7 Å². The lowest BCUT2D eigenvalue weighted by Gasteiger charge is -2.37. The lowest BCUT2D eigenvalue weighted by Crippen LogP contribution is -2.48. The summed E-state index contributed by atoms with van der Waals surface area (Å²) >= 11 is 0. The van der Waals surface area contributed by atoms with Gasteiger partial charge in [-0.05, 0) is 26.2 Å². The zero-order valence-electron chi connectivity index (χ0n) is 12.3. The molecule has 0 aromatic carbocycles. The van der Waals surface area contributed by atoms with Gasteiger partial charge in [0.2, 0.25) is 17.1 Å². The van der Waals surface area contributed by atoms with Crippen molar-refractivity contribution in [3.8, 4) is 0 Å². The summed E-state index contributed by atoms with van der Waals surface area (Å²) < 4.78 is 4.44. The number of carbonyl (C=O) groups is 2. The number of ether oxygens (including phenoxy) is 1. The Bertz CT molecular complexity index is 521. The van der Waals surface area contributed by atoms with E-state index in [-0.39, 0.29) is 5.91 Å². The Hall–Kier alpha value is -2.36. The van der Waals surface area contributed by atoms with Crippen LogP contribution in [0.5, 0.6) is 0 Å². The van der Waals surface area contributed by atoms with E-state index in [1.807, 2.05) is 0 Å². The number of aliphatic hydroxyl groups is 1. The van der Waals surface area contributed by atoms with E-state index in [0.29, 0.717) is 32.4 Å². The lowest BCUT2D eigenvalue weighted by molar-refractivity contribution is -0.144. The average Bonchev–Trinajstić information content (AvgIpc) is 2.49. The predicted molar refractivity (Wildman–Crippen MR) is 75.5 cm³/mol. The fourth-order valence-electron chi connectivity index (χ4n) is 2.40. The molecule has 0 saturated carbocycles. The van der Waals surface area contributed by atoms with E-state index < -0.39 is 22.8 Å². The fraction of sp³-hybridized carbons (Fsp3) is 0.571. The minimum Gasteiger partial charge on any atom is -0.504 e. The summed E-state index contributed by atoms with van der Waals surface area (Å²) in [5, 5.41) is 19.2. The van der Waals surface area contributed by atoms with Gasteiger partial charge in [-0.3, -0.25) is 4.79 Å². The van der Waals surface area contributed by atoms with E-state index in [2.05, 4.69) is 16.3 Å². The fourth-order valence-corrected chi connectivity index (χ4v) is 2.40. The Labute approximate surface area is 123 Å². The molecule has 0 bridgehead atoms. The molecule has 1 amide bonds. The number of rotatable bonds is 5. The van der Waals surface area contributed by atoms with Crippen molar-refractivity contribution in [3.63, 3.8) is 0 Å². The van der Waals surface area contributed by atoms with E-state index in [1.54, 1.807) is 11.0 Å². The van der Waals surface area contributed by atoms with Gasteiger partial charge in [-0.15, -0.1) is 6.58 Å². The van der Waals surface area contributed by atoms with Crippen molar-refractivity contribution in [2.75, 3.05) is 20.2 Å². The van der Waals surface area contributed by atoms with Gasteiger partial charge >= 0.3 is 11.7 Å². The second-order valence-corrected chi connectivity index (χ2v) is 5.09. The standard InChI is InChI=1S/C14H19N3O4/c1-4-5-8-17-9-6-7-14(2,13(17)20)11(18)10(16-15)12(19)21-3/h4H,1,5-9H2,2-3H3/p+1. The van der Waals surface area contributed by atoms with Gasteiger partial charge in [0, 0.05) is 13.1 Å². The van der Waals surface area contributed by atoms with Crippen LogP contribution in [0.3, 0.4) is 0 Å². The topological polar surface area (TPSA) is 95.0 Å². The van der Waals surface area contributed by atoms with Gasteiger partial charge in [-0.1, -0.05) is 6.08 Å². The highest BCUT2D eigenvalue weighted by Gasteiger charge is 2.49. The number of methoxy groups -OCH3 is 1. The highest BCUT2D eigenvalue weighted by Crippen LogP contribution is 2.38. The largest absolute Gasteiger partial charge is 0.506 e. The molecule has 114 valence electrons. The normalized spacial score (nSPS) is 23.1. The number of nitrogens with zero attached hydrogens (tertiary/aromatic N) is 3. The minimum absolute atomic E-state index is 0.307. The van der Waals surface area contributed by atoms with Crippen LogP contribution in [0.2, 0.25) is 0 Å². The SMILES string of the molecule is C=CCCN1CCCC(C)(/C(O)=C(\[N+]#N)C(=O)OC)C1=O. The Morgan fingerprint density at radius 1 is 1.67 bits per heavy atom. The minimum atomic E-state index is -1.30. The summed E-state index contributed by atoms with van der Waals surface area (Å²) in [6.45, 7) is 6.22. The Balaban J connectivity index is 3.16. The maximum absolute atomic E-state index is 12.5. The van der Waals surface area contributed by atoms with Crippen molar-refractivity contribution in [1.29, 1.82) is 5.39 Å². The summed E-state index contributed by atoms with van der Waals surface area (Å²) in [5.74, 6) is -1.87. The molecule has 0 aliphatic carbocycles. The number of diazo groups is 1. The van der Waals surface area contributed by atoms with E-state index >= 15 is 0 Å². The van der Waals surface area contributed by atoms with Crippen LogP contribution in [0.15, 0.2) is 24.1 Å². The van der Waals surface area contributed by atoms with Gasteiger partial charge in [-0.2, -0.15) is 0 Å². The first kappa shape index (κ1) is 16.7. The monoisotopic (exact) mass is 294 g/mol. The highest BCUT2D eigenvalue weighted by molar-refractivity contribution is 5.94. The molecule has 7 nitrogen and oxygen atoms in total. The summed E-state index contributed by atoms with van der Waals surface area (Å²) in [4.78, 5) is 28.4. The smallest absolute Gasteiger partial charge is 0.504 e. The van der Waals surface area contributed by atoms with Crippen molar-refractivity contribution in [2.45, 2.75) is 26.2 Å². The third-order valence-electron chi connectivity index (χ3n) is 3.69. The summed E-state index contributed by atoms with van der Waals surface area (Å²) in [7, 11) is 1.10. The van der Waals surface area contributed by atoms with Gasteiger partial charge in [-0.25, -0.2) is 4.79 Å². The molecule has 0 radical (unpaired) electrons. The molecule has 7 heteroatoms. The van der Waals surface area contributed by atoms with Gasteiger partial charge in [0.25, 0.3) is 0 Å². The number of likely N-dealkylation sites (tertiary alicyclic amines) is 1. The summed E-state index contributed by atoms with van der Waals surface area (Å²) in [6, 6.07) is 0. The molecule has 0 aromatic heterocycles. The van der Waals surface area contributed by atoms with Crippen LogP contribution in [-0.4, -0.2) is 42.1 Å². The van der Waals surface area contributed by atoms with Crippen LogP contribution in [-0.2, 0) is 14.3 Å². The molecular formula is C14H20N3O4+. The first-order valence-corrected chi connectivity index (χ1v) is 6.69. The van der Waals surface area contributed by atoms with Crippen LogP contribution < -0.4 is 0 Å². The third kappa shape index (κ3) is 3.21. The molecule has 1 unspecified atom stereocenters. The van der Waals surface area contributed by atoms with Gasteiger partial charge < -0.3 is 14.7 Å². The van der Waals surface area contributed by atoms with Crippen LogP contribution in [0.25, 0.3) is 4.98 Å². The van der Waals surface area contributed by atoms with E-state index in [0.717, 1.165) is 7.11 Å². The zero-order chi connectivity index (χ0) is 16.0. The average molecular weight is 294 g/mol. The quantitative estimate of drug-likeness (QED) is 0.275. The van der Waals surface area contributed by atoms with Crippen molar-refractivity contribution in [1.82, 2.24) is 4.90 Å². The third-order valence-corrected chi connectivity index (χ3v) is 3.69. The number of carbonyl (C=O) groups excluding carboxylic acids is 2. The molecule has 21 heavy (non-hydrogen) atoms. The van der Waals surface area contributed by atoms with Crippen LogP contribution in [0.4, 0.5) is 0 Å². The molecular weight excluding hydrogens is 274 g/mol. The molecule has 1 aliphatic heterocycles. The van der Waals surface area contributed by atoms with Crippen molar-refractivity contribution >= 4 is 11.9 Å². The molecule has 1 aliphatic rings. The molecule has 1 N–H and O–H groups in total. The van der Waals surface area contributed by atoms with Crippen LogP contribution in [0, 0.1) is 10.8 Å². The number of esters is 1. The Morgan fingerprint density at radius 2 is 2.33 bits per heavy atom. The first-order valence-electron chi connectivity index (χ1n) is 6.69. The molecule has 0 aromatic rings. The number of hydrogen-bond donors (Lipinski definition) is 1. The molecule has 1 atom stereocenters. The van der Waals surface area contributed by atoms with Crippen LogP contribution in [0.1, 0.15) is 26.2 Å². The first-order chi connectivity index (χ1) is 9.92. The Kier molecular flexibility index (Phi) is 5.47. The van der Waals surface area contributed by atoms with Crippen molar-refractivity contribution in [3.05, 3.63) is 29.1 Å². The second-order valence-electron chi connectivity index (χ2n) is 5.09. The summed E-state index contributed by atoms with van der Waals surface area (Å²) in [6.07, 6.45) is 3.37. The van der Waals surface area contributed by atoms with Gasteiger partial charge in [0.15, 0.2) is 4.98 Å². The summed E-state index contributed by atoms with van der Waals surface area (Å²) in [5.41, 5.74) is -1.94. The zero-order valence-corrected chi connectivity index (χ0v) is 12.3. The predicted octanol–water partition coefficient (Wildman–Crippen LogP) is 1.99.